The number of benzene rings is 2. The number of esters is 1. The second-order valence-electron chi connectivity index (χ2n) is 7.25. The standard InChI is InChI=1S/C22H24N2O6/c1-14(22(26)23-19-10-9-18(24(27)28)13-20(19)29-2)30-21(25)12-15-7-8-16-5-3-4-6-17(16)11-15/h7-11,13-14H,3-6,12H2,1-2H3,(H,23,26)/t14-/m1/s1. The second-order valence-corrected chi connectivity index (χ2v) is 7.25. The van der Waals surface area contributed by atoms with Gasteiger partial charge in [-0.25, -0.2) is 0 Å². The number of non-ortho nitro benzene ring substituents is 1. The van der Waals surface area contributed by atoms with Crippen LogP contribution in [0.15, 0.2) is 36.4 Å². The van der Waals surface area contributed by atoms with Crippen LogP contribution < -0.4 is 10.1 Å². The number of rotatable bonds is 7. The predicted octanol–water partition coefficient (Wildman–Crippen LogP) is 3.60. The van der Waals surface area contributed by atoms with E-state index in [9.17, 15) is 19.7 Å². The maximum absolute atomic E-state index is 12.4. The van der Waals surface area contributed by atoms with E-state index in [-0.39, 0.29) is 23.5 Å². The summed E-state index contributed by atoms with van der Waals surface area (Å²) in [6.07, 6.45) is 3.50. The fourth-order valence-electron chi connectivity index (χ4n) is 3.49. The number of carbonyl (C=O) groups is 2. The average Bonchev–Trinajstić information content (AvgIpc) is 2.73. The molecule has 0 bridgehead atoms. The molecular weight excluding hydrogens is 388 g/mol. The molecule has 1 atom stereocenters. The number of nitro groups is 1. The molecule has 1 aliphatic rings. The van der Waals surface area contributed by atoms with Gasteiger partial charge in [-0.1, -0.05) is 18.2 Å². The summed E-state index contributed by atoms with van der Waals surface area (Å²) >= 11 is 0. The first-order valence-corrected chi connectivity index (χ1v) is 9.81. The smallest absolute Gasteiger partial charge is 0.311 e. The van der Waals surface area contributed by atoms with Crippen molar-refractivity contribution in [2.24, 2.45) is 0 Å². The Morgan fingerprint density at radius 3 is 2.57 bits per heavy atom. The Kier molecular flexibility index (Phi) is 6.66. The van der Waals surface area contributed by atoms with Crippen LogP contribution in [0.1, 0.15) is 36.5 Å². The molecule has 2 aromatic rings. The van der Waals surface area contributed by atoms with Gasteiger partial charge in [0.2, 0.25) is 0 Å². The number of amides is 1. The number of aryl methyl sites for hydroxylation is 2. The van der Waals surface area contributed by atoms with E-state index < -0.39 is 22.9 Å². The van der Waals surface area contributed by atoms with Gasteiger partial charge in [0.25, 0.3) is 11.6 Å². The summed E-state index contributed by atoms with van der Waals surface area (Å²) in [6, 6.07) is 9.87. The minimum absolute atomic E-state index is 0.0890. The molecule has 1 amide bonds. The van der Waals surface area contributed by atoms with Crippen LogP contribution in [-0.4, -0.2) is 30.0 Å². The minimum Gasteiger partial charge on any atom is -0.494 e. The molecule has 0 radical (unpaired) electrons. The first-order chi connectivity index (χ1) is 14.4. The number of fused-ring (bicyclic) bond motifs is 1. The molecule has 0 heterocycles. The van der Waals surface area contributed by atoms with Crippen LogP contribution in [0.5, 0.6) is 5.75 Å². The van der Waals surface area contributed by atoms with Gasteiger partial charge < -0.3 is 14.8 Å². The topological polar surface area (TPSA) is 108 Å². The summed E-state index contributed by atoms with van der Waals surface area (Å²) in [5, 5.41) is 13.4. The Hall–Kier alpha value is -3.42. The Bertz CT molecular complexity index is 972. The molecule has 30 heavy (non-hydrogen) atoms. The first kappa shape index (κ1) is 21.3. The zero-order chi connectivity index (χ0) is 21.7. The van der Waals surface area contributed by atoms with E-state index in [0.717, 1.165) is 24.8 Å². The summed E-state index contributed by atoms with van der Waals surface area (Å²) < 4.78 is 10.4. The maximum atomic E-state index is 12.4. The average molecular weight is 412 g/mol. The Morgan fingerprint density at radius 2 is 1.87 bits per heavy atom. The van der Waals surface area contributed by atoms with Crippen molar-refractivity contribution in [2.75, 3.05) is 12.4 Å². The number of ether oxygens (including phenoxy) is 2. The number of nitrogens with zero attached hydrogens (tertiary/aromatic N) is 1. The fraction of sp³-hybridized carbons (Fsp3) is 0.364. The molecule has 0 fully saturated rings. The van der Waals surface area contributed by atoms with E-state index in [4.69, 9.17) is 9.47 Å². The molecule has 158 valence electrons. The van der Waals surface area contributed by atoms with Gasteiger partial charge in [0.15, 0.2) is 6.10 Å². The lowest BCUT2D eigenvalue weighted by molar-refractivity contribution is -0.384. The molecule has 0 spiro atoms. The van der Waals surface area contributed by atoms with E-state index in [1.807, 2.05) is 12.1 Å². The Morgan fingerprint density at radius 1 is 1.13 bits per heavy atom. The van der Waals surface area contributed by atoms with Crippen LogP contribution in [0.4, 0.5) is 11.4 Å². The molecule has 1 aliphatic carbocycles. The lowest BCUT2D eigenvalue weighted by Crippen LogP contribution is -2.30. The molecular formula is C22H24N2O6. The molecule has 3 rings (SSSR count). The van der Waals surface area contributed by atoms with Crippen molar-refractivity contribution in [3.05, 3.63) is 63.2 Å². The zero-order valence-corrected chi connectivity index (χ0v) is 17.0. The number of methoxy groups -OCH3 is 1. The molecule has 0 aliphatic heterocycles. The molecule has 2 aromatic carbocycles. The van der Waals surface area contributed by atoms with E-state index in [0.29, 0.717) is 0 Å². The van der Waals surface area contributed by atoms with Gasteiger partial charge in [-0.15, -0.1) is 0 Å². The number of hydrogen-bond acceptors (Lipinski definition) is 6. The van der Waals surface area contributed by atoms with Gasteiger partial charge >= 0.3 is 5.97 Å². The van der Waals surface area contributed by atoms with E-state index >= 15 is 0 Å². The Labute approximate surface area is 174 Å². The summed E-state index contributed by atoms with van der Waals surface area (Å²) in [4.78, 5) is 35.0. The van der Waals surface area contributed by atoms with Gasteiger partial charge in [-0.3, -0.25) is 19.7 Å². The summed E-state index contributed by atoms with van der Waals surface area (Å²) in [6.45, 7) is 1.47. The van der Waals surface area contributed by atoms with Crippen molar-refractivity contribution in [3.8, 4) is 5.75 Å². The monoisotopic (exact) mass is 412 g/mol. The highest BCUT2D eigenvalue weighted by Crippen LogP contribution is 2.29. The number of anilines is 1. The quantitative estimate of drug-likeness (QED) is 0.423. The molecule has 8 heteroatoms. The van der Waals surface area contributed by atoms with Crippen LogP contribution in [0.3, 0.4) is 0 Å². The minimum atomic E-state index is -1.03. The lowest BCUT2D eigenvalue weighted by Gasteiger charge is -2.17. The molecule has 1 N–H and O–H groups in total. The number of nitrogens with one attached hydrogen (secondary N) is 1. The first-order valence-electron chi connectivity index (χ1n) is 9.81. The van der Waals surface area contributed by atoms with Crippen LogP contribution in [0, 0.1) is 10.1 Å². The molecule has 0 saturated carbocycles. The highest BCUT2D eigenvalue weighted by Gasteiger charge is 2.21. The predicted molar refractivity (Wildman–Crippen MR) is 111 cm³/mol. The fourth-order valence-corrected chi connectivity index (χ4v) is 3.49. The third kappa shape index (κ3) is 5.14. The van der Waals surface area contributed by atoms with Crippen LogP contribution >= 0.6 is 0 Å². The zero-order valence-electron chi connectivity index (χ0n) is 17.0. The van der Waals surface area contributed by atoms with Gasteiger partial charge in [0, 0.05) is 6.07 Å². The molecule has 0 unspecified atom stereocenters. The lowest BCUT2D eigenvalue weighted by atomic mass is 9.90. The normalized spacial score (nSPS) is 13.7. The van der Waals surface area contributed by atoms with Crippen molar-refractivity contribution in [2.45, 2.75) is 45.1 Å². The number of hydrogen-bond donors (Lipinski definition) is 1. The van der Waals surface area contributed by atoms with E-state index in [1.54, 1.807) is 0 Å². The van der Waals surface area contributed by atoms with Gasteiger partial charge in [-0.05, 0) is 55.4 Å². The largest absolute Gasteiger partial charge is 0.494 e. The maximum Gasteiger partial charge on any atom is 0.311 e. The van der Waals surface area contributed by atoms with Gasteiger partial charge in [0.1, 0.15) is 5.75 Å². The second kappa shape index (κ2) is 9.39. The third-order valence-corrected chi connectivity index (χ3v) is 5.09. The van der Waals surface area contributed by atoms with E-state index in [2.05, 4.69) is 11.4 Å². The molecule has 8 nitrogen and oxygen atoms in total. The highest BCUT2D eigenvalue weighted by atomic mass is 16.6. The molecule has 0 saturated heterocycles. The van der Waals surface area contributed by atoms with Gasteiger partial charge in [0.05, 0.1) is 30.2 Å². The Balaban J connectivity index is 1.59. The van der Waals surface area contributed by atoms with Gasteiger partial charge in [-0.2, -0.15) is 0 Å². The molecule has 0 aromatic heterocycles. The third-order valence-electron chi connectivity index (χ3n) is 5.09. The van der Waals surface area contributed by atoms with Crippen LogP contribution in [0.25, 0.3) is 0 Å². The SMILES string of the molecule is COc1cc([N+](=O)[O-])ccc1NC(=O)[C@@H](C)OC(=O)Cc1ccc2c(c1)CCCC2. The van der Waals surface area contributed by atoms with E-state index in [1.165, 1.54) is 49.8 Å². The number of nitro benzene ring substituents is 1. The summed E-state index contributed by atoms with van der Waals surface area (Å²) in [5.41, 5.74) is 3.58. The highest BCUT2D eigenvalue weighted by molar-refractivity contribution is 5.96. The summed E-state index contributed by atoms with van der Waals surface area (Å²) in [7, 11) is 1.34. The number of carbonyl (C=O) groups excluding carboxylic acids is 2. The van der Waals surface area contributed by atoms with Crippen molar-refractivity contribution < 1.29 is 24.0 Å². The van der Waals surface area contributed by atoms with Crippen LogP contribution in [0.2, 0.25) is 0 Å². The van der Waals surface area contributed by atoms with Crippen LogP contribution in [-0.2, 0) is 33.6 Å². The van der Waals surface area contributed by atoms with Crippen molar-refractivity contribution in [3.63, 3.8) is 0 Å². The van der Waals surface area contributed by atoms with Crippen molar-refractivity contribution >= 4 is 23.3 Å². The van der Waals surface area contributed by atoms with Crippen molar-refractivity contribution in [1.82, 2.24) is 0 Å². The van der Waals surface area contributed by atoms with Crippen molar-refractivity contribution in [1.29, 1.82) is 0 Å². The summed E-state index contributed by atoms with van der Waals surface area (Å²) in [5.74, 6) is -0.907.